The van der Waals surface area contributed by atoms with Crippen LogP contribution in [-0.2, 0) is 6.42 Å². The maximum absolute atomic E-state index is 6.12. The summed E-state index contributed by atoms with van der Waals surface area (Å²) in [6.45, 7) is 0.745. The van der Waals surface area contributed by atoms with Gasteiger partial charge in [-0.05, 0) is 62.0 Å². The summed E-state index contributed by atoms with van der Waals surface area (Å²) in [7, 11) is 0. The van der Waals surface area contributed by atoms with Gasteiger partial charge in [0.25, 0.3) is 0 Å². The van der Waals surface area contributed by atoms with Gasteiger partial charge in [0.2, 0.25) is 0 Å². The first-order valence-electron chi connectivity index (χ1n) is 5.55. The molecule has 1 N–H and O–H groups in total. The van der Waals surface area contributed by atoms with E-state index in [-0.39, 0.29) is 0 Å². The Labute approximate surface area is 138 Å². The fourth-order valence-corrected chi connectivity index (χ4v) is 3.22. The molecule has 2 aromatic rings. The number of benzene rings is 1. The van der Waals surface area contributed by atoms with Crippen LogP contribution in [0.5, 0.6) is 0 Å². The number of aromatic nitrogens is 1. The Bertz CT molecular complexity index is 539. The lowest BCUT2D eigenvalue weighted by Gasteiger charge is -2.09. The van der Waals surface area contributed by atoms with E-state index in [2.05, 4.69) is 42.2 Å². The standard InChI is InChI=1S/C13H10Br2Cl2N2/c14-9-5-11(15)13(19-7-9)18-4-3-8-1-2-10(16)6-12(8)17/h1-2,5-7H,3-4H2,(H,18,19). The van der Waals surface area contributed by atoms with Crippen LogP contribution in [0.3, 0.4) is 0 Å². The molecule has 0 unspecified atom stereocenters. The number of nitrogens with zero attached hydrogens (tertiary/aromatic N) is 1. The predicted molar refractivity (Wildman–Crippen MR) is 88.3 cm³/mol. The van der Waals surface area contributed by atoms with Crippen molar-refractivity contribution >= 4 is 60.9 Å². The van der Waals surface area contributed by atoms with E-state index in [0.29, 0.717) is 10.0 Å². The molecule has 0 radical (unpaired) electrons. The average Bonchev–Trinajstić information content (AvgIpc) is 2.34. The monoisotopic (exact) mass is 422 g/mol. The van der Waals surface area contributed by atoms with Crippen LogP contribution in [0.1, 0.15) is 5.56 Å². The summed E-state index contributed by atoms with van der Waals surface area (Å²) in [4.78, 5) is 4.29. The topological polar surface area (TPSA) is 24.9 Å². The highest BCUT2D eigenvalue weighted by Crippen LogP contribution is 2.24. The summed E-state index contributed by atoms with van der Waals surface area (Å²) < 4.78 is 1.86. The molecule has 19 heavy (non-hydrogen) atoms. The van der Waals surface area contributed by atoms with Crippen LogP contribution in [0, 0.1) is 0 Å². The Balaban J connectivity index is 1.96. The van der Waals surface area contributed by atoms with E-state index in [1.54, 1.807) is 12.3 Å². The molecule has 1 aromatic heterocycles. The van der Waals surface area contributed by atoms with E-state index in [4.69, 9.17) is 23.2 Å². The van der Waals surface area contributed by atoms with Crippen LogP contribution < -0.4 is 5.32 Å². The van der Waals surface area contributed by atoms with Gasteiger partial charge in [0.1, 0.15) is 5.82 Å². The van der Waals surface area contributed by atoms with Gasteiger partial charge in [-0.3, -0.25) is 0 Å². The van der Waals surface area contributed by atoms with Crippen molar-refractivity contribution in [2.45, 2.75) is 6.42 Å². The molecule has 100 valence electrons. The molecule has 0 aliphatic heterocycles. The van der Waals surface area contributed by atoms with Crippen molar-refractivity contribution in [3.05, 3.63) is 55.0 Å². The smallest absolute Gasteiger partial charge is 0.140 e. The summed E-state index contributed by atoms with van der Waals surface area (Å²) in [5.74, 6) is 0.813. The second kappa shape index (κ2) is 6.93. The van der Waals surface area contributed by atoms with E-state index in [1.807, 2.05) is 18.2 Å². The van der Waals surface area contributed by atoms with Crippen molar-refractivity contribution in [2.75, 3.05) is 11.9 Å². The van der Waals surface area contributed by atoms with Crippen molar-refractivity contribution in [1.29, 1.82) is 0 Å². The van der Waals surface area contributed by atoms with Crippen LogP contribution in [0.2, 0.25) is 10.0 Å². The largest absolute Gasteiger partial charge is 0.369 e. The van der Waals surface area contributed by atoms with Gasteiger partial charge in [-0.25, -0.2) is 4.98 Å². The molecular formula is C13H10Br2Cl2N2. The zero-order valence-corrected chi connectivity index (χ0v) is 14.4. The number of halogens is 4. The molecule has 0 amide bonds. The average molecular weight is 425 g/mol. The second-order valence-corrected chi connectivity index (χ2v) is 6.51. The Morgan fingerprint density at radius 2 is 1.95 bits per heavy atom. The van der Waals surface area contributed by atoms with E-state index in [9.17, 15) is 0 Å². The SMILES string of the molecule is Clc1ccc(CCNc2ncc(Br)cc2Br)c(Cl)c1. The highest BCUT2D eigenvalue weighted by Gasteiger charge is 2.04. The third kappa shape index (κ3) is 4.35. The highest BCUT2D eigenvalue weighted by atomic mass is 79.9. The molecule has 0 atom stereocenters. The number of rotatable bonds is 4. The van der Waals surface area contributed by atoms with Gasteiger partial charge in [0.15, 0.2) is 0 Å². The Hall–Kier alpha value is -0.290. The Morgan fingerprint density at radius 1 is 1.16 bits per heavy atom. The molecule has 0 aliphatic carbocycles. The third-order valence-corrected chi connectivity index (χ3v) is 4.13. The first-order chi connectivity index (χ1) is 9.06. The van der Waals surface area contributed by atoms with Crippen molar-refractivity contribution in [1.82, 2.24) is 4.98 Å². The summed E-state index contributed by atoms with van der Waals surface area (Å²) >= 11 is 18.8. The van der Waals surface area contributed by atoms with Crippen LogP contribution >= 0.6 is 55.1 Å². The van der Waals surface area contributed by atoms with Gasteiger partial charge in [-0.1, -0.05) is 29.3 Å². The molecule has 0 aliphatic rings. The minimum absolute atomic E-state index is 0.652. The molecule has 0 bridgehead atoms. The second-order valence-electron chi connectivity index (χ2n) is 3.90. The van der Waals surface area contributed by atoms with Gasteiger partial charge < -0.3 is 5.32 Å². The van der Waals surface area contributed by atoms with Gasteiger partial charge in [-0.2, -0.15) is 0 Å². The van der Waals surface area contributed by atoms with Gasteiger partial charge in [-0.15, -0.1) is 0 Å². The third-order valence-electron chi connectivity index (χ3n) is 2.51. The van der Waals surface area contributed by atoms with Crippen molar-refractivity contribution in [3.8, 4) is 0 Å². The van der Waals surface area contributed by atoms with E-state index >= 15 is 0 Å². The van der Waals surface area contributed by atoms with E-state index < -0.39 is 0 Å². The van der Waals surface area contributed by atoms with E-state index in [0.717, 1.165) is 33.3 Å². The van der Waals surface area contributed by atoms with Crippen molar-refractivity contribution in [3.63, 3.8) is 0 Å². The number of pyridine rings is 1. The first kappa shape index (κ1) is 15.1. The highest BCUT2D eigenvalue weighted by molar-refractivity contribution is 9.11. The molecule has 2 rings (SSSR count). The molecule has 2 nitrogen and oxygen atoms in total. The van der Waals surface area contributed by atoms with Crippen LogP contribution in [0.15, 0.2) is 39.4 Å². The van der Waals surface area contributed by atoms with Crippen LogP contribution in [-0.4, -0.2) is 11.5 Å². The molecule has 0 fully saturated rings. The summed E-state index contributed by atoms with van der Waals surface area (Å²) in [5, 5.41) is 4.60. The molecule has 0 spiro atoms. The Morgan fingerprint density at radius 3 is 2.63 bits per heavy atom. The molecule has 0 saturated heterocycles. The number of nitrogens with one attached hydrogen (secondary N) is 1. The molecule has 6 heteroatoms. The number of hydrogen-bond acceptors (Lipinski definition) is 2. The maximum Gasteiger partial charge on any atom is 0.140 e. The van der Waals surface area contributed by atoms with Gasteiger partial charge in [0, 0.05) is 27.3 Å². The summed E-state index contributed by atoms with van der Waals surface area (Å²) in [6, 6.07) is 7.49. The molecular weight excluding hydrogens is 415 g/mol. The number of hydrogen-bond donors (Lipinski definition) is 1. The lowest BCUT2D eigenvalue weighted by atomic mass is 10.1. The normalized spacial score (nSPS) is 10.5. The summed E-state index contributed by atoms with van der Waals surface area (Å²) in [6.07, 6.45) is 2.56. The van der Waals surface area contributed by atoms with Crippen molar-refractivity contribution in [2.24, 2.45) is 0 Å². The quantitative estimate of drug-likeness (QED) is 0.694. The fourth-order valence-electron chi connectivity index (χ4n) is 1.58. The fraction of sp³-hybridized carbons (Fsp3) is 0.154. The van der Waals surface area contributed by atoms with Gasteiger partial charge in [0.05, 0.1) is 4.47 Å². The van der Waals surface area contributed by atoms with E-state index in [1.165, 1.54) is 0 Å². The van der Waals surface area contributed by atoms with Gasteiger partial charge >= 0.3 is 0 Å². The van der Waals surface area contributed by atoms with Crippen LogP contribution in [0.25, 0.3) is 0 Å². The van der Waals surface area contributed by atoms with Crippen LogP contribution in [0.4, 0.5) is 5.82 Å². The first-order valence-corrected chi connectivity index (χ1v) is 7.89. The molecule has 1 aromatic carbocycles. The zero-order valence-electron chi connectivity index (χ0n) is 9.76. The zero-order chi connectivity index (χ0) is 13.8. The number of anilines is 1. The lowest BCUT2D eigenvalue weighted by Crippen LogP contribution is -2.07. The lowest BCUT2D eigenvalue weighted by molar-refractivity contribution is 1.00. The summed E-state index contributed by atoms with van der Waals surface area (Å²) in [5.41, 5.74) is 1.06. The van der Waals surface area contributed by atoms with Crippen molar-refractivity contribution < 1.29 is 0 Å². The molecule has 0 saturated carbocycles. The predicted octanol–water partition coefficient (Wildman–Crippen LogP) is 5.57. The minimum Gasteiger partial charge on any atom is -0.369 e. The Kier molecular flexibility index (Phi) is 5.51. The maximum atomic E-state index is 6.12. The molecule has 1 heterocycles. The minimum atomic E-state index is 0.652.